The van der Waals surface area contributed by atoms with Crippen molar-refractivity contribution < 1.29 is 0 Å². The molecular weight excluding hydrogens is 182 g/mol. The Morgan fingerprint density at radius 1 is 1.13 bits per heavy atom. The first-order chi connectivity index (χ1) is 6.91. The van der Waals surface area contributed by atoms with E-state index in [0.29, 0.717) is 11.0 Å². The highest BCUT2D eigenvalue weighted by atomic mass is 15.0. The molecule has 2 aliphatic rings. The van der Waals surface area contributed by atoms with Crippen molar-refractivity contribution in [3.05, 3.63) is 6.42 Å². The molecule has 0 amide bonds. The molecule has 2 fully saturated rings. The third-order valence-electron chi connectivity index (χ3n) is 4.56. The van der Waals surface area contributed by atoms with Gasteiger partial charge in [-0.3, -0.25) is 0 Å². The van der Waals surface area contributed by atoms with Gasteiger partial charge in [-0.05, 0) is 32.1 Å². The quantitative estimate of drug-likeness (QED) is 0.600. The maximum atomic E-state index is 3.89. The van der Waals surface area contributed by atoms with E-state index in [-0.39, 0.29) is 0 Å². The van der Waals surface area contributed by atoms with Gasteiger partial charge in [0.2, 0.25) is 0 Å². The molecule has 1 saturated carbocycles. The van der Waals surface area contributed by atoms with Crippen LogP contribution in [-0.4, -0.2) is 11.6 Å². The van der Waals surface area contributed by atoms with Crippen molar-refractivity contribution in [2.24, 2.45) is 11.3 Å². The van der Waals surface area contributed by atoms with Gasteiger partial charge < -0.3 is 5.32 Å². The van der Waals surface area contributed by atoms with Gasteiger partial charge >= 0.3 is 0 Å². The van der Waals surface area contributed by atoms with Crippen LogP contribution in [0.5, 0.6) is 0 Å². The maximum Gasteiger partial charge on any atom is 0.0923 e. The molecule has 2 rings (SSSR count). The second kappa shape index (κ2) is 3.69. The molecule has 2 atom stereocenters. The molecule has 1 N–H and O–H groups in total. The molecule has 0 spiro atoms. The fourth-order valence-electron chi connectivity index (χ4n) is 3.39. The average Bonchev–Trinajstić information content (AvgIpc) is 2.23. The second-order valence-corrected chi connectivity index (χ2v) is 6.83. The van der Waals surface area contributed by atoms with Gasteiger partial charge in [-0.15, -0.1) is 0 Å². The SMILES string of the molecule is CC1(C)CCC(C)(C)C2C[CH+]CCC2N1. The summed E-state index contributed by atoms with van der Waals surface area (Å²) in [5, 5.41) is 3.89. The Morgan fingerprint density at radius 3 is 2.60 bits per heavy atom. The van der Waals surface area contributed by atoms with Crippen LogP contribution in [0.3, 0.4) is 0 Å². The molecule has 1 heteroatoms. The highest BCUT2D eigenvalue weighted by Crippen LogP contribution is 2.45. The van der Waals surface area contributed by atoms with E-state index in [4.69, 9.17) is 0 Å². The Labute approximate surface area is 95.0 Å². The molecule has 0 bridgehead atoms. The van der Waals surface area contributed by atoms with Crippen LogP contribution in [-0.2, 0) is 0 Å². The van der Waals surface area contributed by atoms with Crippen LogP contribution in [0.4, 0.5) is 0 Å². The molecule has 2 unspecified atom stereocenters. The summed E-state index contributed by atoms with van der Waals surface area (Å²) in [6, 6.07) is 0.752. The third-order valence-corrected chi connectivity index (χ3v) is 4.56. The van der Waals surface area contributed by atoms with E-state index in [1.54, 1.807) is 0 Å². The number of hydrogen-bond donors (Lipinski definition) is 1. The van der Waals surface area contributed by atoms with Gasteiger partial charge in [0.05, 0.1) is 19.3 Å². The van der Waals surface area contributed by atoms with Gasteiger partial charge in [0.25, 0.3) is 0 Å². The van der Waals surface area contributed by atoms with Crippen molar-refractivity contribution in [2.75, 3.05) is 0 Å². The molecule has 1 aliphatic heterocycles. The molecular formula is C14H26N+. The van der Waals surface area contributed by atoms with E-state index in [2.05, 4.69) is 39.4 Å². The topological polar surface area (TPSA) is 12.0 Å². The van der Waals surface area contributed by atoms with Crippen molar-refractivity contribution in [1.82, 2.24) is 5.32 Å². The van der Waals surface area contributed by atoms with Gasteiger partial charge in [0.15, 0.2) is 0 Å². The van der Waals surface area contributed by atoms with Crippen LogP contribution in [0.1, 0.15) is 59.8 Å². The molecule has 0 aromatic heterocycles. The van der Waals surface area contributed by atoms with Crippen LogP contribution >= 0.6 is 0 Å². The lowest BCUT2D eigenvalue weighted by atomic mass is 9.67. The Bertz CT molecular complexity index is 229. The summed E-state index contributed by atoms with van der Waals surface area (Å²) in [6.45, 7) is 9.66. The fourth-order valence-corrected chi connectivity index (χ4v) is 3.39. The Hall–Kier alpha value is -0.170. The van der Waals surface area contributed by atoms with Crippen LogP contribution in [0.25, 0.3) is 0 Å². The second-order valence-electron chi connectivity index (χ2n) is 6.83. The third kappa shape index (κ3) is 2.33. The minimum Gasteiger partial charge on any atom is -0.308 e. The lowest BCUT2D eigenvalue weighted by Gasteiger charge is -2.38. The Kier molecular flexibility index (Phi) is 2.79. The molecule has 1 nitrogen and oxygen atoms in total. The molecule has 1 saturated heterocycles. The standard InChI is InChI=1S/C14H26N/c1-13(2)9-10-14(3,4)15-12-8-6-5-7-11(12)13/h5,11-12,15H,6-10H2,1-4H3/q+1. The van der Waals surface area contributed by atoms with Crippen LogP contribution in [0.2, 0.25) is 0 Å². The van der Waals surface area contributed by atoms with Crippen LogP contribution in [0, 0.1) is 17.8 Å². The summed E-state index contributed by atoms with van der Waals surface area (Å²) in [4.78, 5) is 0. The lowest BCUT2D eigenvalue weighted by molar-refractivity contribution is 0.142. The van der Waals surface area contributed by atoms with Gasteiger partial charge in [-0.25, -0.2) is 0 Å². The van der Waals surface area contributed by atoms with Crippen molar-refractivity contribution >= 4 is 0 Å². The normalized spacial score (nSPS) is 38.7. The van der Waals surface area contributed by atoms with Crippen LogP contribution in [0.15, 0.2) is 0 Å². The van der Waals surface area contributed by atoms with E-state index >= 15 is 0 Å². The van der Waals surface area contributed by atoms with Gasteiger partial charge in [0.1, 0.15) is 0 Å². The minimum absolute atomic E-state index is 0.341. The van der Waals surface area contributed by atoms with E-state index in [9.17, 15) is 0 Å². The number of rotatable bonds is 0. The predicted molar refractivity (Wildman–Crippen MR) is 65.7 cm³/mol. The maximum absolute atomic E-state index is 3.89. The summed E-state index contributed by atoms with van der Waals surface area (Å²) in [7, 11) is 0. The molecule has 86 valence electrons. The number of nitrogens with one attached hydrogen (secondary N) is 1. The average molecular weight is 208 g/mol. The monoisotopic (exact) mass is 208 g/mol. The van der Waals surface area contributed by atoms with Gasteiger partial charge in [0, 0.05) is 23.9 Å². The smallest absolute Gasteiger partial charge is 0.0923 e. The fraction of sp³-hybridized carbons (Fsp3) is 0.929. The highest BCUT2D eigenvalue weighted by Gasteiger charge is 2.45. The molecule has 0 radical (unpaired) electrons. The molecule has 15 heavy (non-hydrogen) atoms. The van der Waals surface area contributed by atoms with Crippen molar-refractivity contribution in [1.29, 1.82) is 0 Å². The molecule has 1 aliphatic carbocycles. The Balaban J connectivity index is 2.20. The van der Waals surface area contributed by atoms with E-state index in [1.807, 2.05) is 0 Å². The van der Waals surface area contributed by atoms with E-state index < -0.39 is 0 Å². The Morgan fingerprint density at radius 2 is 1.87 bits per heavy atom. The zero-order chi connectivity index (χ0) is 11.1. The first-order valence-electron chi connectivity index (χ1n) is 6.50. The summed E-state index contributed by atoms with van der Waals surface area (Å²) in [5.74, 6) is 0.855. The van der Waals surface area contributed by atoms with Crippen LogP contribution < -0.4 is 5.32 Å². The first kappa shape index (κ1) is 11.3. The largest absolute Gasteiger partial charge is 0.308 e. The summed E-state index contributed by atoms with van der Waals surface area (Å²) >= 11 is 0. The zero-order valence-corrected chi connectivity index (χ0v) is 10.8. The molecule has 1 heterocycles. The van der Waals surface area contributed by atoms with E-state index in [1.165, 1.54) is 32.1 Å². The lowest BCUT2D eigenvalue weighted by Crippen LogP contribution is -2.49. The summed E-state index contributed by atoms with van der Waals surface area (Å²) in [5.41, 5.74) is 0.858. The minimum atomic E-state index is 0.341. The van der Waals surface area contributed by atoms with Gasteiger partial charge in [-0.2, -0.15) is 0 Å². The summed E-state index contributed by atoms with van der Waals surface area (Å²) in [6.07, 6.45) is 9.15. The first-order valence-corrected chi connectivity index (χ1v) is 6.50. The summed E-state index contributed by atoms with van der Waals surface area (Å²) < 4.78 is 0. The number of hydrogen-bond acceptors (Lipinski definition) is 1. The molecule has 0 aromatic rings. The van der Waals surface area contributed by atoms with E-state index in [0.717, 1.165) is 12.0 Å². The predicted octanol–water partition coefficient (Wildman–Crippen LogP) is 3.55. The zero-order valence-electron chi connectivity index (χ0n) is 10.8. The van der Waals surface area contributed by atoms with Crippen molar-refractivity contribution in [3.8, 4) is 0 Å². The number of fused-ring (bicyclic) bond motifs is 1. The molecule has 0 aromatic carbocycles. The van der Waals surface area contributed by atoms with Crippen molar-refractivity contribution in [2.45, 2.75) is 71.4 Å². The van der Waals surface area contributed by atoms with Crippen molar-refractivity contribution in [3.63, 3.8) is 0 Å². The highest BCUT2D eigenvalue weighted by molar-refractivity contribution is 5.01. The van der Waals surface area contributed by atoms with Gasteiger partial charge in [-0.1, -0.05) is 13.8 Å².